The van der Waals surface area contributed by atoms with Gasteiger partial charge >= 0.3 is 0 Å². The fraction of sp³-hybridized carbons (Fsp3) is 0.333. The summed E-state index contributed by atoms with van der Waals surface area (Å²) in [5, 5.41) is 0. The van der Waals surface area contributed by atoms with Crippen molar-refractivity contribution in [1.82, 2.24) is 0 Å². The van der Waals surface area contributed by atoms with E-state index in [1.54, 1.807) is 0 Å². The molecule has 0 N–H and O–H groups in total. The Balaban J connectivity index is 2.35. The molecule has 2 nitrogen and oxygen atoms in total. The quantitative estimate of drug-likeness (QED) is 0.670. The Morgan fingerprint density at radius 1 is 0.700 bits per heavy atom. The zero-order valence-corrected chi connectivity index (χ0v) is 12.3. The van der Waals surface area contributed by atoms with Crippen LogP contribution in [0.15, 0.2) is 36.4 Å². The van der Waals surface area contributed by atoms with Crippen molar-refractivity contribution in [3.05, 3.63) is 58.7 Å². The molecule has 2 aliphatic rings. The predicted octanol–water partition coefficient (Wildman–Crippen LogP) is 3.75. The van der Waals surface area contributed by atoms with Crippen LogP contribution in [0.2, 0.25) is 0 Å². The lowest BCUT2D eigenvalue weighted by atomic mass is 9.66. The second kappa shape index (κ2) is 3.78. The van der Waals surface area contributed by atoms with E-state index in [4.69, 9.17) is 0 Å². The molecular weight excluding hydrogens is 248 g/mol. The molecule has 1 aromatic rings. The molecule has 102 valence electrons. The lowest BCUT2D eigenvalue weighted by Crippen LogP contribution is -2.30. The molecule has 0 atom stereocenters. The summed E-state index contributed by atoms with van der Waals surface area (Å²) in [6.45, 7) is 8.54. The lowest BCUT2D eigenvalue weighted by molar-refractivity contribution is 0.0994. The second-order valence-electron chi connectivity index (χ2n) is 6.78. The number of allylic oxidation sites excluding steroid dienone is 4. The number of benzene rings is 1. The maximum atomic E-state index is 12.0. The first kappa shape index (κ1) is 13.0. The normalized spacial score (nSPS) is 21.6. The smallest absolute Gasteiger partial charge is 0.186 e. The van der Waals surface area contributed by atoms with Crippen molar-refractivity contribution < 1.29 is 9.59 Å². The summed E-state index contributed by atoms with van der Waals surface area (Å²) in [7, 11) is 0. The minimum atomic E-state index is -0.121. The maximum Gasteiger partial charge on any atom is 0.186 e. The minimum absolute atomic E-state index is 0.0782. The van der Waals surface area contributed by atoms with E-state index in [-0.39, 0.29) is 22.4 Å². The number of hydrogen-bond donors (Lipinski definition) is 0. The van der Waals surface area contributed by atoms with Gasteiger partial charge in [0.1, 0.15) is 0 Å². The first-order valence-corrected chi connectivity index (χ1v) is 6.88. The first-order valence-electron chi connectivity index (χ1n) is 6.88. The third kappa shape index (κ3) is 1.71. The molecule has 20 heavy (non-hydrogen) atoms. The highest BCUT2D eigenvalue weighted by atomic mass is 16.1. The fourth-order valence-electron chi connectivity index (χ4n) is 3.00. The van der Waals surface area contributed by atoms with Crippen LogP contribution in [0.3, 0.4) is 0 Å². The van der Waals surface area contributed by atoms with Crippen LogP contribution in [0.4, 0.5) is 0 Å². The highest BCUT2D eigenvalue weighted by molar-refractivity contribution is 6.22. The van der Waals surface area contributed by atoms with Crippen molar-refractivity contribution in [3.63, 3.8) is 0 Å². The molecule has 0 fully saturated rings. The molecule has 0 bridgehead atoms. The zero-order valence-electron chi connectivity index (χ0n) is 12.3. The first-order chi connectivity index (χ1) is 9.22. The number of hydrogen-bond acceptors (Lipinski definition) is 2. The van der Waals surface area contributed by atoms with Crippen LogP contribution in [0.5, 0.6) is 0 Å². The van der Waals surface area contributed by atoms with Gasteiger partial charge in [-0.25, -0.2) is 0 Å². The van der Waals surface area contributed by atoms with Gasteiger partial charge in [0.05, 0.1) is 0 Å². The maximum absolute atomic E-state index is 12.0. The molecule has 3 rings (SSSR count). The van der Waals surface area contributed by atoms with Gasteiger partial charge in [-0.05, 0) is 35.4 Å². The number of carbonyl (C=O) groups excluding carboxylic acids is 2. The lowest BCUT2D eigenvalue weighted by Gasteiger charge is -2.37. The molecular formula is C18H18O2. The molecule has 0 spiro atoms. The largest absolute Gasteiger partial charge is 0.289 e. The number of ketones is 2. The molecule has 0 heterocycles. The van der Waals surface area contributed by atoms with Gasteiger partial charge < -0.3 is 0 Å². The van der Waals surface area contributed by atoms with E-state index in [1.807, 2.05) is 12.1 Å². The van der Waals surface area contributed by atoms with Gasteiger partial charge in [0.25, 0.3) is 0 Å². The number of rotatable bonds is 0. The summed E-state index contributed by atoms with van der Waals surface area (Å²) in [6, 6.07) is 3.83. The van der Waals surface area contributed by atoms with Gasteiger partial charge in [-0.15, -0.1) is 0 Å². The average molecular weight is 266 g/mol. The van der Waals surface area contributed by atoms with Crippen molar-refractivity contribution in [3.8, 4) is 0 Å². The summed E-state index contributed by atoms with van der Waals surface area (Å²) in [6.07, 6.45) is 7.11. The fourth-order valence-corrected chi connectivity index (χ4v) is 3.00. The summed E-state index contributed by atoms with van der Waals surface area (Å²) in [5.74, 6) is -0.156. The van der Waals surface area contributed by atoms with E-state index in [1.165, 1.54) is 12.2 Å². The van der Waals surface area contributed by atoms with Gasteiger partial charge in [0, 0.05) is 22.0 Å². The Kier molecular flexibility index (Phi) is 2.47. The van der Waals surface area contributed by atoms with Crippen LogP contribution in [0, 0.1) is 0 Å². The van der Waals surface area contributed by atoms with Gasteiger partial charge in [-0.3, -0.25) is 9.59 Å². The molecule has 0 amide bonds. The number of carbonyl (C=O) groups is 2. The molecule has 0 unspecified atom stereocenters. The van der Waals surface area contributed by atoms with Crippen LogP contribution in [-0.4, -0.2) is 11.6 Å². The standard InChI is InChI=1S/C18H18O2/c1-17(2)7-8-18(3,4)14-10-12-11(9-13(14)17)15(19)5-6-16(12)20/h5-10H,1-4H3. The summed E-state index contributed by atoms with van der Waals surface area (Å²) in [4.78, 5) is 24.1. The van der Waals surface area contributed by atoms with E-state index in [0.717, 1.165) is 11.1 Å². The molecule has 1 aromatic carbocycles. The predicted molar refractivity (Wildman–Crippen MR) is 79.4 cm³/mol. The Bertz CT molecular complexity index is 641. The van der Waals surface area contributed by atoms with Crippen molar-refractivity contribution >= 4 is 11.6 Å². The van der Waals surface area contributed by atoms with Gasteiger partial charge in [0.2, 0.25) is 0 Å². The topological polar surface area (TPSA) is 34.1 Å². The zero-order chi connectivity index (χ0) is 14.7. The molecule has 2 aliphatic carbocycles. The van der Waals surface area contributed by atoms with Gasteiger partial charge in [0.15, 0.2) is 11.6 Å². The van der Waals surface area contributed by atoms with Crippen LogP contribution in [-0.2, 0) is 10.8 Å². The summed E-state index contributed by atoms with van der Waals surface area (Å²) < 4.78 is 0. The Morgan fingerprint density at radius 3 is 1.40 bits per heavy atom. The Morgan fingerprint density at radius 2 is 1.05 bits per heavy atom. The highest BCUT2D eigenvalue weighted by Crippen LogP contribution is 2.42. The van der Waals surface area contributed by atoms with Crippen LogP contribution >= 0.6 is 0 Å². The molecule has 0 aliphatic heterocycles. The van der Waals surface area contributed by atoms with Gasteiger partial charge in [-0.2, -0.15) is 0 Å². The van der Waals surface area contributed by atoms with Crippen LogP contribution in [0.1, 0.15) is 59.5 Å². The minimum Gasteiger partial charge on any atom is -0.289 e. The molecule has 2 heteroatoms. The molecule has 0 aromatic heterocycles. The molecule has 0 saturated heterocycles. The van der Waals surface area contributed by atoms with Crippen molar-refractivity contribution in [1.29, 1.82) is 0 Å². The van der Waals surface area contributed by atoms with E-state index in [2.05, 4.69) is 39.8 Å². The van der Waals surface area contributed by atoms with Gasteiger partial charge in [-0.1, -0.05) is 39.8 Å². The summed E-state index contributed by atoms with van der Waals surface area (Å²) in [5.41, 5.74) is 3.11. The van der Waals surface area contributed by atoms with E-state index < -0.39 is 0 Å². The second-order valence-corrected chi connectivity index (χ2v) is 6.78. The van der Waals surface area contributed by atoms with E-state index in [0.29, 0.717) is 11.1 Å². The van der Waals surface area contributed by atoms with Crippen LogP contribution < -0.4 is 0 Å². The highest BCUT2D eigenvalue weighted by Gasteiger charge is 2.35. The number of fused-ring (bicyclic) bond motifs is 2. The molecule has 0 radical (unpaired) electrons. The Hall–Kier alpha value is -1.96. The Labute approximate surface area is 119 Å². The van der Waals surface area contributed by atoms with E-state index in [9.17, 15) is 9.59 Å². The average Bonchev–Trinajstić information content (AvgIpc) is 2.39. The van der Waals surface area contributed by atoms with Crippen molar-refractivity contribution in [2.24, 2.45) is 0 Å². The monoisotopic (exact) mass is 266 g/mol. The van der Waals surface area contributed by atoms with E-state index >= 15 is 0 Å². The van der Waals surface area contributed by atoms with Crippen molar-refractivity contribution in [2.45, 2.75) is 38.5 Å². The van der Waals surface area contributed by atoms with Crippen molar-refractivity contribution in [2.75, 3.05) is 0 Å². The molecule has 0 saturated carbocycles. The van der Waals surface area contributed by atoms with Crippen LogP contribution in [0.25, 0.3) is 0 Å². The summed E-state index contributed by atoms with van der Waals surface area (Å²) >= 11 is 0. The third-order valence-electron chi connectivity index (χ3n) is 4.38. The SMILES string of the molecule is CC1(C)C=CC(C)(C)c2cc3c(cc21)C(=O)C=CC3=O. The third-order valence-corrected chi connectivity index (χ3v) is 4.38.